The number of benzene rings is 6. The van der Waals surface area contributed by atoms with Gasteiger partial charge in [-0.3, -0.25) is 0 Å². The van der Waals surface area contributed by atoms with Crippen LogP contribution in [0.2, 0.25) is 0 Å². The van der Waals surface area contributed by atoms with Gasteiger partial charge in [0.2, 0.25) is 0 Å². The van der Waals surface area contributed by atoms with Gasteiger partial charge in [-0.25, -0.2) is 9.97 Å². The van der Waals surface area contributed by atoms with Crippen LogP contribution in [-0.4, -0.2) is 14.5 Å². The second-order valence-electron chi connectivity index (χ2n) is 15.0. The van der Waals surface area contributed by atoms with Crippen LogP contribution in [0.25, 0.3) is 83.3 Å². The van der Waals surface area contributed by atoms with Gasteiger partial charge < -0.3 is 8.98 Å². The average Bonchev–Trinajstić information content (AvgIpc) is 3.75. The zero-order valence-electron chi connectivity index (χ0n) is 28.4. The van der Waals surface area contributed by atoms with Crippen LogP contribution in [-0.2, 0) is 10.8 Å². The number of furan rings is 1. The van der Waals surface area contributed by atoms with Crippen molar-refractivity contribution < 1.29 is 4.42 Å². The van der Waals surface area contributed by atoms with E-state index in [4.69, 9.17) is 14.4 Å². The molecule has 4 heteroatoms. The van der Waals surface area contributed by atoms with E-state index in [2.05, 4.69) is 154 Å². The summed E-state index contributed by atoms with van der Waals surface area (Å²) in [5.74, 6) is 0.732. The number of hydrogen-bond donors (Lipinski definition) is 0. The first-order chi connectivity index (χ1) is 24.3. The zero-order valence-corrected chi connectivity index (χ0v) is 28.4. The molecule has 0 N–H and O–H groups in total. The molecule has 0 bridgehead atoms. The van der Waals surface area contributed by atoms with Crippen molar-refractivity contribution in [1.82, 2.24) is 14.5 Å². The van der Waals surface area contributed by atoms with Gasteiger partial charge in [0.15, 0.2) is 11.4 Å². The third-order valence-electron chi connectivity index (χ3n) is 11.6. The van der Waals surface area contributed by atoms with Crippen molar-refractivity contribution in [3.8, 4) is 39.5 Å². The lowest BCUT2D eigenvalue weighted by Crippen LogP contribution is -2.26. The smallest absolute Gasteiger partial charge is 0.161 e. The van der Waals surface area contributed by atoms with E-state index in [0.717, 1.165) is 61.0 Å². The van der Waals surface area contributed by atoms with Crippen LogP contribution in [0.15, 0.2) is 132 Å². The first kappa shape index (κ1) is 27.9. The van der Waals surface area contributed by atoms with E-state index >= 15 is 0 Å². The Kier molecular flexibility index (Phi) is 5.23. The quantitative estimate of drug-likeness (QED) is 0.188. The van der Waals surface area contributed by atoms with Crippen molar-refractivity contribution in [3.63, 3.8) is 0 Å². The number of para-hydroxylation sites is 3. The highest BCUT2D eigenvalue weighted by atomic mass is 16.3. The number of fused-ring (bicyclic) bond motifs is 11. The maximum Gasteiger partial charge on any atom is 0.161 e. The molecule has 1 aliphatic carbocycles. The molecule has 9 aromatic rings. The maximum atomic E-state index is 6.52. The molecule has 3 aromatic heterocycles. The van der Waals surface area contributed by atoms with Gasteiger partial charge in [0.1, 0.15) is 11.1 Å². The molecule has 0 saturated heterocycles. The lowest BCUT2D eigenvalue weighted by atomic mass is 9.74. The van der Waals surface area contributed by atoms with Gasteiger partial charge in [-0.15, -0.1) is 0 Å². The van der Waals surface area contributed by atoms with Crippen molar-refractivity contribution >= 4 is 43.9 Å². The molecule has 238 valence electrons. The number of aromatic nitrogens is 3. The normalized spacial score (nSPS) is 15.1. The molecule has 0 fully saturated rings. The molecule has 4 nitrogen and oxygen atoms in total. The van der Waals surface area contributed by atoms with Crippen LogP contribution in [0.4, 0.5) is 0 Å². The van der Waals surface area contributed by atoms with Gasteiger partial charge in [0.25, 0.3) is 0 Å². The number of nitrogens with zero attached hydrogens (tertiary/aromatic N) is 3. The first-order valence-electron chi connectivity index (χ1n) is 17.4. The van der Waals surface area contributed by atoms with Gasteiger partial charge in [-0.05, 0) is 81.9 Å². The summed E-state index contributed by atoms with van der Waals surface area (Å²) < 4.78 is 8.95. The summed E-state index contributed by atoms with van der Waals surface area (Å²) in [4.78, 5) is 10.6. The Hall–Kier alpha value is -6.00. The molecule has 11 rings (SSSR count). The molecule has 0 atom stereocenters. The van der Waals surface area contributed by atoms with E-state index in [1.807, 2.05) is 6.07 Å². The van der Waals surface area contributed by atoms with Crippen LogP contribution < -0.4 is 0 Å². The molecule has 0 amide bonds. The van der Waals surface area contributed by atoms with E-state index in [-0.39, 0.29) is 10.8 Å². The topological polar surface area (TPSA) is 43.9 Å². The molecule has 0 unspecified atom stereocenters. The Morgan fingerprint density at radius 1 is 0.520 bits per heavy atom. The lowest BCUT2D eigenvalue weighted by Gasteiger charge is -2.35. The van der Waals surface area contributed by atoms with Crippen LogP contribution in [0.5, 0.6) is 0 Å². The van der Waals surface area contributed by atoms with E-state index in [1.54, 1.807) is 0 Å². The van der Waals surface area contributed by atoms with Gasteiger partial charge in [0, 0.05) is 38.1 Å². The summed E-state index contributed by atoms with van der Waals surface area (Å²) in [5.41, 5.74) is 16.9. The third-order valence-corrected chi connectivity index (χ3v) is 11.6. The monoisotopic (exact) mass is 643 g/mol. The summed E-state index contributed by atoms with van der Waals surface area (Å²) in [7, 11) is 0. The standard InChI is InChI=1S/C46H33N3O/c1-45(2)33-16-8-5-12-28(33)29-22-20-26(24-35(29)45)40-30-13-6-9-18-37(30)47-44(48-40)27-21-23-38-36(25-27)46(3,4)34-17-11-15-32-41(34)49(38)42-31-14-7-10-19-39(31)50-43(32)42/h5-25H,1-4H3. The third kappa shape index (κ3) is 3.45. The minimum Gasteiger partial charge on any atom is -0.454 e. The van der Waals surface area contributed by atoms with Gasteiger partial charge in [-0.2, -0.15) is 0 Å². The molecule has 2 aliphatic rings. The summed E-state index contributed by atoms with van der Waals surface area (Å²) in [5, 5.41) is 3.34. The van der Waals surface area contributed by atoms with E-state index in [0.29, 0.717) is 0 Å². The largest absolute Gasteiger partial charge is 0.454 e. The SMILES string of the molecule is CC1(C)c2ccccc2-c2ccc(-c3nc(-c4ccc5c(c4)C(C)(C)c4cccc6c7oc8ccccc8c7n-5c46)nc4ccccc34)cc21. The summed E-state index contributed by atoms with van der Waals surface area (Å²) in [6, 6.07) is 45.8. The molecule has 6 aromatic carbocycles. The van der Waals surface area contributed by atoms with Gasteiger partial charge in [-0.1, -0.05) is 107 Å². The Labute approximate surface area is 289 Å². The molecule has 4 heterocycles. The molecular formula is C46H33N3O. The highest BCUT2D eigenvalue weighted by Gasteiger charge is 2.38. The maximum absolute atomic E-state index is 6.52. The summed E-state index contributed by atoms with van der Waals surface area (Å²) >= 11 is 0. The fraction of sp³-hybridized carbons (Fsp3) is 0.130. The second-order valence-corrected chi connectivity index (χ2v) is 15.0. The van der Waals surface area contributed by atoms with Crippen molar-refractivity contribution in [3.05, 3.63) is 150 Å². The fourth-order valence-electron chi connectivity index (χ4n) is 9.05. The number of hydrogen-bond acceptors (Lipinski definition) is 3. The van der Waals surface area contributed by atoms with Crippen molar-refractivity contribution in [2.75, 3.05) is 0 Å². The van der Waals surface area contributed by atoms with Crippen LogP contribution >= 0.6 is 0 Å². The summed E-state index contributed by atoms with van der Waals surface area (Å²) in [6.07, 6.45) is 0. The lowest BCUT2D eigenvalue weighted by molar-refractivity contribution is 0.630. The molecule has 0 radical (unpaired) electrons. The van der Waals surface area contributed by atoms with Crippen LogP contribution in [0, 0.1) is 0 Å². The van der Waals surface area contributed by atoms with E-state index in [9.17, 15) is 0 Å². The first-order valence-corrected chi connectivity index (χ1v) is 17.4. The Morgan fingerprint density at radius 2 is 1.20 bits per heavy atom. The Bertz CT molecular complexity index is 2940. The predicted molar refractivity (Wildman–Crippen MR) is 204 cm³/mol. The Morgan fingerprint density at radius 3 is 2.10 bits per heavy atom. The van der Waals surface area contributed by atoms with Gasteiger partial charge >= 0.3 is 0 Å². The minimum absolute atomic E-state index is 0.0937. The van der Waals surface area contributed by atoms with Crippen LogP contribution in [0.1, 0.15) is 49.9 Å². The van der Waals surface area contributed by atoms with E-state index in [1.165, 1.54) is 44.6 Å². The highest BCUT2D eigenvalue weighted by Crippen LogP contribution is 2.51. The Balaban J connectivity index is 1.13. The van der Waals surface area contributed by atoms with Crippen molar-refractivity contribution in [2.24, 2.45) is 0 Å². The molecular weight excluding hydrogens is 611 g/mol. The average molecular weight is 644 g/mol. The highest BCUT2D eigenvalue weighted by molar-refractivity contribution is 6.18. The van der Waals surface area contributed by atoms with Crippen molar-refractivity contribution in [2.45, 2.75) is 38.5 Å². The molecule has 0 spiro atoms. The second kappa shape index (κ2) is 9.36. The molecule has 1 aliphatic heterocycles. The zero-order chi connectivity index (χ0) is 33.5. The minimum atomic E-state index is -0.257. The molecule has 0 saturated carbocycles. The summed E-state index contributed by atoms with van der Waals surface area (Å²) in [6.45, 7) is 9.32. The van der Waals surface area contributed by atoms with Gasteiger partial charge in [0.05, 0.1) is 22.4 Å². The van der Waals surface area contributed by atoms with Crippen molar-refractivity contribution in [1.29, 1.82) is 0 Å². The fourth-order valence-corrected chi connectivity index (χ4v) is 9.05. The van der Waals surface area contributed by atoms with E-state index < -0.39 is 0 Å². The predicted octanol–water partition coefficient (Wildman–Crippen LogP) is 11.8. The molecule has 50 heavy (non-hydrogen) atoms. The van der Waals surface area contributed by atoms with Crippen LogP contribution in [0.3, 0.4) is 0 Å². The number of rotatable bonds is 2.